The Morgan fingerprint density at radius 3 is 0.908 bits per heavy atom. The Kier molecular flexibility index (Phi) is 24.6. The first kappa shape index (κ1) is 79.0. The maximum absolute atomic E-state index is 14.2. The number of rotatable bonds is 15. The molecule has 0 radical (unpaired) electrons. The molecule has 5 heterocycles. The van der Waals surface area contributed by atoms with Crippen LogP contribution in [0.1, 0.15) is 190 Å². The number of carbonyl (C=O) groups is 5. The highest BCUT2D eigenvalue weighted by molar-refractivity contribution is 9.12. The molecule has 0 amide bonds. The predicted molar refractivity (Wildman–Crippen MR) is 484 cm³/mol. The maximum atomic E-state index is 14.2. The van der Waals surface area contributed by atoms with Crippen molar-refractivity contribution in [2.75, 3.05) is 0 Å². The fraction of sp³-hybridized carbons (Fsp3) is 0.167. The number of halogens is 19. The molecule has 0 bridgehead atoms. The number of carbonyl (C=O) groups excluding carboxylic acids is 5. The van der Waals surface area contributed by atoms with Crippen molar-refractivity contribution in [3.05, 3.63) is 339 Å². The molecule has 15 aromatic rings. The zero-order valence-electron chi connectivity index (χ0n) is 72.9. The van der Waals surface area contributed by atoms with Gasteiger partial charge in [0.05, 0.1) is 46.9 Å². The number of hydrogen-bond donors (Lipinski definition) is 0. The van der Waals surface area contributed by atoms with Gasteiger partial charge in [-0.1, -0.05) is 250 Å². The molecule has 0 saturated heterocycles. The van der Waals surface area contributed by atoms with E-state index in [4.69, 9.17) is 47.4 Å². The average molecular weight is 2300 g/mol. The lowest BCUT2D eigenvalue weighted by atomic mass is 9.98. The molecule has 15 rings (SSSR count). The molecule has 5 aromatic heterocycles. The summed E-state index contributed by atoms with van der Waals surface area (Å²) in [6.07, 6.45) is 0. The van der Waals surface area contributed by atoms with Crippen LogP contribution in [0.25, 0.3) is 54.8 Å². The summed E-state index contributed by atoms with van der Waals surface area (Å²) in [7, 11) is 0. The number of furan rings is 5. The van der Waals surface area contributed by atoms with Crippen molar-refractivity contribution in [1.82, 2.24) is 0 Å². The molecule has 1 atom stereocenters. The number of ketones is 5. The fourth-order valence-corrected chi connectivity index (χ4v) is 18.0. The summed E-state index contributed by atoms with van der Waals surface area (Å²) in [6.45, 7) is 13.5. The molecule has 1 unspecified atom stereocenters. The van der Waals surface area contributed by atoms with Crippen molar-refractivity contribution in [3.8, 4) is 0 Å². The fourth-order valence-electron chi connectivity index (χ4n) is 11.9. The molecular formula is C90H61Br10ClF8O10. The first-order valence-corrected chi connectivity index (χ1v) is 43.0. The van der Waals surface area contributed by atoms with Crippen LogP contribution < -0.4 is 0 Å². The van der Waals surface area contributed by atoms with Gasteiger partial charge in [0.2, 0.25) is 0 Å². The highest BCUT2D eigenvalue weighted by atomic mass is 79.9. The van der Waals surface area contributed by atoms with E-state index in [1.54, 1.807) is 80.6 Å². The first-order valence-electron chi connectivity index (χ1n) is 39.6. The van der Waals surface area contributed by atoms with Gasteiger partial charge in [0.1, 0.15) is 33.7 Å². The lowest BCUT2D eigenvalue weighted by molar-refractivity contribution is -0.00508. The zero-order chi connectivity index (χ0) is 96.0. The number of hydrogen-bond acceptors (Lipinski definition) is 10. The van der Waals surface area contributed by atoms with Crippen LogP contribution in [0.4, 0.5) is 35.1 Å². The van der Waals surface area contributed by atoms with Gasteiger partial charge in [-0.2, -0.15) is 35.1 Å². The Morgan fingerprint density at radius 1 is 0.311 bits per heavy atom. The summed E-state index contributed by atoms with van der Waals surface area (Å²) in [5.41, 5.74) is 4.76. The van der Waals surface area contributed by atoms with Gasteiger partial charge in [-0.05, 0) is 160 Å². The normalized spacial score (nSPS) is 13.2. The standard InChI is InChI=1S/C18H13Br2ClO2.4C18H12Br2F2O2/c1-9-13(19)7-11(8-14(9)20)17(22)16-12-5-3-4-6-15(12)23-18(16)10(2)21;4*1-9-12(19)7-10(8-13(9)20)16(23)15-11-5-3-4-6-14(11)24-17(15)18(2,21)22/h3-8,10H,1-2H3;4*3-8H,1-2H3/i4D;3D,4D,5D,6D;3D,6D;3D,4D;3D. The highest BCUT2D eigenvalue weighted by Crippen LogP contribution is 2.46. The molecule has 0 spiro atoms. The molecule has 0 aliphatic carbocycles. The van der Waals surface area contributed by atoms with E-state index in [-0.39, 0.29) is 113 Å². The quantitative estimate of drug-likeness (QED) is 0.0551. The van der Waals surface area contributed by atoms with Crippen LogP contribution >= 0.6 is 171 Å². The van der Waals surface area contributed by atoms with Gasteiger partial charge in [0.15, 0.2) is 52.0 Å². The number of para-hydroxylation sites is 5. The van der Waals surface area contributed by atoms with Crippen molar-refractivity contribution < 1.29 is 94.9 Å². The van der Waals surface area contributed by atoms with Gasteiger partial charge >= 0.3 is 23.7 Å². The first-order chi connectivity index (χ1) is 59.7. The van der Waals surface area contributed by atoms with Crippen LogP contribution in [-0.2, 0) is 23.7 Å². The van der Waals surface area contributed by atoms with Gasteiger partial charge in [0, 0.05) is 127 Å². The monoisotopic (exact) mass is 2290 g/mol. The number of alkyl halides is 9. The molecule has 0 N–H and O–H groups in total. The van der Waals surface area contributed by atoms with E-state index in [1.807, 2.05) is 27.7 Å². The molecule has 0 fully saturated rings. The van der Waals surface area contributed by atoms with E-state index >= 15 is 0 Å². The van der Waals surface area contributed by atoms with Crippen molar-refractivity contribution in [2.24, 2.45) is 0 Å². The van der Waals surface area contributed by atoms with E-state index < -0.39 is 111 Å². The molecule has 10 nitrogen and oxygen atoms in total. The summed E-state index contributed by atoms with van der Waals surface area (Å²) in [5, 5.41) is 0.202. The van der Waals surface area contributed by atoms with E-state index in [2.05, 4.69) is 159 Å². The molecule has 0 aliphatic rings. The van der Waals surface area contributed by atoms with E-state index in [0.717, 1.165) is 36.8 Å². The minimum absolute atomic E-state index is 0.0175. The third-order valence-electron chi connectivity index (χ3n) is 18.2. The average Bonchev–Trinajstić information content (AvgIpc) is 1.57. The Bertz CT molecular complexity index is 7080. The minimum atomic E-state index is -3.58. The molecule has 29 heteroatoms. The maximum Gasteiger partial charge on any atom is 0.302 e. The number of benzene rings is 10. The third kappa shape index (κ3) is 20.0. The van der Waals surface area contributed by atoms with Gasteiger partial charge in [0.25, 0.3) is 0 Å². The Morgan fingerprint density at radius 2 is 0.555 bits per heavy atom. The summed E-state index contributed by atoms with van der Waals surface area (Å²) < 4.78 is 224. The summed E-state index contributed by atoms with van der Waals surface area (Å²) in [4.78, 5) is 65.5. The van der Waals surface area contributed by atoms with E-state index in [0.29, 0.717) is 97.4 Å². The minimum Gasteiger partial charge on any atom is -0.459 e. The van der Waals surface area contributed by atoms with Crippen molar-refractivity contribution in [3.63, 3.8) is 0 Å². The smallest absolute Gasteiger partial charge is 0.302 e. The summed E-state index contributed by atoms with van der Waals surface area (Å²) in [5.74, 6) is -19.4. The van der Waals surface area contributed by atoms with Gasteiger partial charge in [-0.3, -0.25) is 24.0 Å². The van der Waals surface area contributed by atoms with Crippen LogP contribution in [0.3, 0.4) is 0 Å². The van der Waals surface area contributed by atoms with Gasteiger partial charge < -0.3 is 22.1 Å². The third-order valence-corrected chi connectivity index (χ3v) is 26.6. The van der Waals surface area contributed by atoms with E-state index in [1.165, 1.54) is 54.6 Å². The van der Waals surface area contributed by atoms with Crippen LogP contribution in [0.2, 0.25) is 0 Å². The lowest BCUT2D eigenvalue weighted by Gasteiger charge is -2.10. The largest absolute Gasteiger partial charge is 0.459 e. The van der Waals surface area contributed by atoms with Crippen molar-refractivity contribution in [1.29, 1.82) is 0 Å². The number of fused-ring (bicyclic) bond motifs is 5. The molecule has 10 aromatic carbocycles. The Balaban J connectivity index is 0.000000156. The van der Waals surface area contributed by atoms with Crippen LogP contribution in [0.5, 0.6) is 0 Å². The van der Waals surface area contributed by atoms with Gasteiger partial charge in [-0.15, -0.1) is 11.6 Å². The summed E-state index contributed by atoms with van der Waals surface area (Å²) in [6, 6.07) is 27.2. The zero-order valence-corrected chi connectivity index (χ0v) is 79.5. The highest BCUT2D eigenvalue weighted by Gasteiger charge is 2.41. The predicted octanol–water partition coefficient (Wildman–Crippen LogP) is 33.2. The van der Waals surface area contributed by atoms with E-state index in [9.17, 15) is 59.1 Å². The Hall–Kier alpha value is -7.22. The van der Waals surface area contributed by atoms with Crippen molar-refractivity contribution in [2.45, 2.75) is 98.3 Å². The topological polar surface area (TPSA) is 151 Å². The second-order valence-electron chi connectivity index (χ2n) is 27.0. The SMILES string of the molecule is [2H]c1c([2H])c([2H])c2c(C(=O)c3cc(Br)c(C)c(Br)c3)c(C(C)(F)F)oc2c1[2H].[2H]c1cc([2H])c2oc(C(C)(F)F)c(C(=O)c3cc(Br)c(C)c(Br)c3)c2c1.[2H]c1cc2oc(C(C)(F)F)c(C(=O)c3cc(Br)c(C)c(Br)c3)c2cc1[2H].[2H]c1ccc2c(C(=O)c3cc(Br)c(C)c(Br)c3)c(C(C)Cl)oc2c1.[2H]c1ccc2oc(C(C)(F)F)c(C(=O)c3cc(Br)c(C)c(Br)c3)c2c1. The molecular weight excluding hydrogens is 2230 g/mol. The second kappa shape index (κ2) is 37.1. The van der Waals surface area contributed by atoms with Crippen LogP contribution in [0.15, 0.2) is 249 Å². The second-order valence-corrected chi connectivity index (χ2v) is 36.2. The van der Waals surface area contributed by atoms with Gasteiger partial charge in [-0.25, -0.2) is 0 Å². The lowest BCUT2D eigenvalue weighted by Crippen LogP contribution is -2.13. The Labute approximate surface area is 779 Å². The molecule has 0 aliphatic heterocycles. The van der Waals surface area contributed by atoms with Crippen LogP contribution in [-0.4, -0.2) is 28.9 Å². The molecule has 614 valence electrons. The van der Waals surface area contributed by atoms with Crippen LogP contribution in [0, 0.1) is 34.6 Å². The molecule has 0 saturated carbocycles. The van der Waals surface area contributed by atoms with Crippen molar-refractivity contribution >= 4 is 255 Å². The summed E-state index contributed by atoms with van der Waals surface area (Å²) >= 11 is 39.9. The molecule has 119 heavy (non-hydrogen) atoms.